The second kappa shape index (κ2) is 8.04. The summed E-state index contributed by atoms with van der Waals surface area (Å²) < 4.78 is 14.8. The van der Waals surface area contributed by atoms with Crippen LogP contribution < -0.4 is 16.0 Å². The SMILES string of the molecule is CCc1nnsc1C(NN)c1ccccc1OCCOC. The third-order valence-corrected chi connectivity index (χ3v) is 3.96. The first-order chi connectivity index (χ1) is 10.3. The number of nitrogens with zero attached hydrogens (tertiary/aromatic N) is 2. The number of nitrogens with one attached hydrogen (secondary N) is 1. The van der Waals surface area contributed by atoms with Crippen molar-refractivity contribution >= 4 is 11.5 Å². The van der Waals surface area contributed by atoms with Gasteiger partial charge in [-0.15, -0.1) is 5.10 Å². The van der Waals surface area contributed by atoms with E-state index in [1.54, 1.807) is 7.11 Å². The molecule has 1 aromatic heterocycles. The summed E-state index contributed by atoms with van der Waals surface area (Å²) in [6.45, 7) is 3.08. The topological polar surface area (TPSA) is 82.3 Å². The maximum atomic E-state index is 5.78. The van der Waals surface area contributed by atoms with Crippen LogP contribution in [0.2, 0.25) is 0 Å². The Bertz CT molecular complexity index is 561. The lowest BCUT2D eigenvalue weighted by atomic mass is 10.0. The minimum Gasteiger partial charge on any atom is -0.491 e. The van der Waals surface area contributed by atoms with Crippen LogP contribution in [0.1, 0.15) is 29.1 Å². The number of hydrazine groups is 1. The fourth-order valence-corrected chi connectivity index (χ4v) is 2.89. The molecule has 0 saturated carbocycles. The molecule has 1 heterocycles. The predicted octanol–water partition coefficient (Wildman–Crippen LogP) is 1.68. The third-order valence-electron chi connectivity index (χ3n) is 3.12. The van der Waals surface area contributed by atoms with Gasteiger partial charge in [0.05, 0.1) is 23.2 Å². The summed E-state index contributed by atoms with van der Waals surface area (Å²) in [6.07, 6.45) is 0.816. The van der Waals surface area contributed by atoms with Gasteiger partial charge in [-0.1, -0.05) is 29.6 Å². The number of rotatable bonds is 8. The monoisotopic (exact) mass is 308 g/mol. The van der Waals surface area contributed by atoms with Crippen LogP contribution in [0.4, 0.5) is 0 Å². The van der Waals surface area contributed by atoms with Crippen LogP contribution in [-0.2, 0) is 11.2 Å². The van der Waals surface area contributed by atoms with Gasteiger partial charge in [0.25, 0.3) is 0 Å². The first-order valence-electron chi connectivity index (χ1n) is 6.79. The number of methoxy groups -OCH3 is 1. The van der Waals surface area contributed by atoms with Crippen molar-refractivity contribution in [2.75, 3.05) is 20.3 Å². The van der Waals surface area contributed by atoms with E-state index >= 15 is 0 Å². The zero-order chi connectivity index (χ0) is 15.1. The minimum atomic E-state index is -0.182. The first-order valence-corrected chi connectivity index (χ1v) is 7.57. The van der Waals surface area contributed by atoms with E-state index in [1.807, 2.05) is 24.3 Å². The molecule has 0 spiro atoms. The predicted molar refractivity (Wildman–Crippen MR) is 82.3 cm³/mol. The van der Waals surface area contributed by atoms with Crippen molar-refractivity contribution in [3.63, 3.8) is 0 Å². The first kappa shape index (κ1) is 15.8. The van der Waals surface area contributed by atoms with Gasteiger partial charge in [-0.2, -0.15) is 0 Å². The van der Waals surface area contributed by atoms with E-state index in [1.165, 1.54) is 11.5 Å². The highest BCUT2D eigenvalue weighted by Gasteiger charge is 2.22. The van der Waals surface area contributed by atoms with E-state index in [4.69, 9.17) is 15.3 Å². The molecule has 2 aromatic rings. The summed E-state index contributed by atoms with van der Waals surface area (Å²) in [6, 6.07) is 7.63. The van der Waals surface area contributed by atoms with E-state index in [-0.39, 0.29) is 6.04 Å². The van der Waals surface area contributed by atoms with Crippen LogP contribution in [0.15, 0.2) is 24.3 Å². The summed E-state index contributed by atoms with van der Waals surface area (Å²) in [7, 11) is 1.65. The Hall–Kier alpha value is -1.54. The van der Waals surface area contributed by atoms with E-state index in [0.29, 0.717) is 13.2 Å². The lowest BCUT2D eigenvalue weighted by Gasteiger charge is -2.19. The lowest BCUT2D eigenvalue weighted by Crippen LogP contribution is -2.29. The van der Waals surface area contributed by atoms with E-state index in [2.05, 4.69) is 21.9 Å². The molecule has 1 unspecified atom stereocenters. The molecule has 114 valence electrons. The quantitative estimate of drug-likeness (QED) is 0.438. The van der Waals surface area contributed by atoms with Gasteiger partial charge in [0, 0.05) is 12.7 Å². The summed E-state index contributed by atoms with van der Waals surface area (Å²) in [5.74, 6) is 6.55. The van der Waals surface area contributed by atoms with Gasteiger partial charge < -0.3 is 9.47 Å². The molecule has 7 heteroatoms. The molecule has 0 aliphatic carbocycles. The average molecular weight is 308 g/mol. The van der Waals surface area contributed by atoms with Crippen LogP contribution in [0.25, 0.3) is 0 Å². The highest BCUT2D eigenvalue weighted by molar-refractivity contribution is 7.05. The van der Waals surface area contributed by atoms with Crippen molar-refractivity contribution in [1.29, 1.82) is 0 Å². The second-order valence-corrected chi connectivity index (χ2v) is 5.20. The zero-order valence-corrected chi connectivity index (χ0v) is 13.0. The second-order valence-electron chi connectivity index (χ2n) is 4.42. The summed E-state index contributed by atoms with van der Waals surface area (Å²) in [5, 5.41) is 4.15. The Labute approximate surface area is 128 Å². The third kappa shape index (κ3) is 3.76. The molecule has 6 nitrogen and oxygen atoms in total. The van der Waals surface area contributed by atoms with Crippen molar-refractivity contribution < 1.29 is 9.47 Å². The van der Waals surface area contributed by atoms with Gasteiger partial charge in [-0.3, -0.25) is 5.84 Å². The average Bonchev–Trinajstić information content (AvgIpc) is 2.98. The summed E-state index contributed by atoms with van der Waals surface area (Å²) in [5.41, 5.74) is 4.77. The minimum absolute atomic E-state index is 0.182. The molecule has 0 bridgehead atoms. The van der Waals surface area contributed by atoms with Gasteiger partial charge in [0.2, 0.25) is 0 Å². The highest BCUT2D eigenvalue weighted by atomic mass is 32.1. The number of aromatic nitrogens is 2. The Morgan fingerprint density at radius 2 is 2.14 bits per heavy atom. The summed E-state index contributed by atoms with van der Waals surface area (Å²) >= 11 is 1.35. The van der Waals surface area contributed by atoms with E-state index in [9.17, 15) is 0 Å². The van der Waals surface area contributed by atoms with Crippen molar-refractivity contribution in [2.45, 2.75) is 19.4 Å². The van der Waals surface area contributed by atoms with Crippen molar-refractivity contribution in [2.24, 2.45) is 5.84 Å². The highest BCUT2D eigenvalue weighted by Crippen LogP contribution is 2.32. The van der Waals surface area contributed by atoms with Crippen LogP contribution in [0, 0.1) is 0 Å². The lowest BCUT2D eigenvalue weighted by molar-refractivity contribution is 0.145. The van der Waals surface area contributed by atoms with Crippen LogP contribution >= 0.6 is 11.5 Å². The van der Waals surface area contributed by atoms with Gasteiger partial charge in [-0.25, -0.2) is 5.43 Å². The number of aryl methyl sites for hydroxylation is 1. The van der Waals surface area contributed by atoms with Crippen molar-refractivity contribution in [1.82, 2.24) is 15.0 Å². The van der Waals surface area contributed by atoms with Crippen molar-refractivity contribution in [3.05, 3.63) is 40.4 Å². The smallest absolute Gasteiger partial charge is 0.124 e. The van der Waals surface area contributed by atoms with Gasteiger partial charge in [0.1, 0.15) is 12.4 Å². The number of hydrogen-bond acceptors (Lipinski definition) is 7. The molecule has 1 atom stereocenters. The molecule has 0 radical (unpaired) electrons. The normalized spacial score (nSPS) is 12.3. The maximum Gasteiger partial charge on any atom is 0.124 e. The molecule has 0 fully saturated rings. The molecule has 0 aliphatic heterocycles. The molecular formula is C14H20N4O2S. The number of benzene rings is 1. The van der Waals surface area contributed by atoms with Crippen molar-refractivity contribution in [3.8, 4) is 5.75 Å². The molecule has 0 amide bonds. The Kier molecular flexibility index (Phi) is 6.06. The van der Waals surface area contributed by atoms with Gasteiger partial charge in [0.15, 0.2) is 0 Å². The van der Waals surface area contributed by atoms with E-state index in [0.717, 1.165) is 28.3 Å². The molecular weight excluding hydrogens is 288 g/mol. The van der Waals surface area contributed by atoms with Gasteiger partial charge >= 0.3 is 0 Å². The maximum absolute atomic E-state index is 5.78. The van der Waals surface area contributed by atoms with Gasteiger partial charge in [-0.05, 0) is 24.0 Å². The van der Waals surface area contributed by atoms with Crippen LogP contribution in [0.5, 0.6) is 5.75 Å². The molecule has 0 aliphatic rings. The summed E-state index contributed by atoms with van der Waals surface area (Å²) in [4.78, 5) is 1.02. The molecule has 2 rings (SSSR count). The Balaban J connectivity index is 2.29. The Morgan fingerprint density at radius 3 is 2.86 bits per heavy atom. The number of hydrogen-bond donors (Lipinski definition) is 2. The Morgan fingerprint density at radius 1 is 1.33 bits per heavy atom. The molecule has 0 saturated heterocycles. The van der Waals surface area contributed by atoms with E-state index < -0.39 is 0 Å². The fraction of sp³-hybridized carbons (Fsp3) is 0.429. The zero-order valence-electron chi connectivity index (χ0n) is 12.2. The fourth-order valence-electron chi connectivity index (χ4n) is 2.07. The number of nitrogens with two attached hydrogens (primary N) is 1. The number of para-hydroxylation sites is 1. The molecule has 1 aromatic carbocycles. The largest absolute Gasteiger partial charge is 0.491 e. The molecule has 21 heavy (non-hydrogen) atoms. The molecule has 3 N–H and O–H groups in total. The van der Waals surface area contributed by atoms with Crippen LogP contribution in [-0.4, -0.2) is 29.9 Å². The standard InChI is InChI=1S/C14H20N4O2S/c1-3-11-14(21-18-17-11)13(16-15)10-6-4-5-7-12(10)20-9-8-19-2/h4-7,13,16H,3,8-9,15H2,1-2H3. The number of ether oxygens (including phenoxy) is 2. The van der Waals surface area contributed by atoms with Crippen LogP contribution in [0.3, 0.4) is 0 Å².